The van der Waals surface area contributed by atoms with Crippen LogP contribution in [0.5, 0.6) is 0 Å². The van der Waals surface area contributed by atoms with Crippen molar-refractivity contribution in [2.75, 3.05) is 6.54 Å². The number of nitrogens with two attached hydrogens (primary N) is 1. The molecule has 68 valence electrons. The molecule has 1 saturated heterocycles. The van der Waals surface area contributed by atoms with E-state index in [1.54, 1.807) is 0 Å². The smallest absolute Gasteiger partial charge is 0.315 e. The van der Waals surface area contributed by atoms with Crippen LogP contribution >= 0.6 is 0 Å². The number of hydrogen-bond acceptors (Lipinski definition) is 1. The van der Waals surface area contributed by atoms with Gasteiger partial charge >= 0.3 is 6.03 Å². The van der Waals surface area contributed by atoms with Gasteiger partial charge in [0.2, 0.25) is 0 Å². The Morgan fingerprint density at radius 3 is 2.33 bits per heavy atom. The van der Waals surface area contributed by atoms with Gasteiger partial charge in [-0.3, -0.25) is 0 Å². The number of likely N-dealkylation sites (tertiary alicyclic amines) is 1. The van der Waals surface area contributed by atoms with Crippen LogP contribution in [-0.2, 0) is 0 Å². The zero-order chi connectivity index (χ0) is 8.55. The molecule has 2 rings (SSSR count). The topological polar surface area (TPSA) is 46.3 Å². The fraction of sp³-hybridized carbons (Fsp3) is 0.889. The highest BCUT2D eigenvalue weighted by Crippen LogP contribution is 2.35. The summed E-state index contributed by atoms with van der Waals surface area (Å²) in [6, 6.07) is 0.267. The maximum atomic E-state index is 10.9. The first kappa shape index (κ1) is 7.90. The van der Waals surface area contributed by atoms with E-state index in [0.717, 1.165) is 12.5 Å². The molecule has 1 heterocycles. The minimum absolute atomic E-state index is 0.224. The third-order valence-electron chi connectivity index (χ3n) is 3.29. The molecule has 1 unspecified atom stereocenters. The van der Waals surface area contributed by atoms with E-state index in [1.165, 1.54) is 32.1 Å². The summed E-state index contributed by atoms with van der Waals surface area (Å²) in [5, 5.41) is 0. The standard InChI is InChI=1S/C9H16N2O/c10-9(12)11-6-5-8(11)7-3-1-2-4-7/h7-8H,1-6H2,(H2,10,12). The Kier molecular flexibility index (Phi) is 1.95. The zero-order valence-corrected chi connectivity index (χ0v) is 7.33. The van der Waals surface area contributed by atoms with Gasteiger partial charge < -0.3 is 10.6 Å². The number of nitrogens with zero attached hydrogens (tertiary/aromatic N) is 1. The van der Waals surface area contributed by atoms with Gasteiger partial charge in [0.15, 0.2) is 0 Å². The fourth-order valence-electron chi connectivity index (χ4n) is 2.51. The molecule has 0 radical (unpaired) electrons. The van der Waals surface area contributed by atoms with Crippen molar-refractivity contribution in [1.82, 2.24) is 4.90 Å². The van der Waals surface area contributed by atoms with Gasteiger partial charge in [0, 0.05) is 12.6 Å². The van der Waals surface area contributed by atoms with E-state index >= 15 is 0 Å². The molecule has 1 saturated carbocycles. The predicted octanol–water partition coefficient (Wildman–Crippen LogP) is 1.33. The van der Waals surface area contributed by atoms with Crippen LogP contribution in [0, 0.1) is 5.92 Å². The zero-order valence-electron chi connectivity index (χ0n) is 7.33. The largest absolute Gasteiger partial charge is 0.351 e. The van der Waals surface area contributed by atoms with Gasteiger partial charge in [0.1, 0.15) is 0 Å². The highest BCUT2D eigenvalue weighted by molar-refractivity contribution is 5.73. The van der Waals surface area contributed by atoms with E-state index in [9.17, 15) is 4.79 Å². The van der Waals surface area contributed by atoms with E-state index in [2.05, 4.69) is 0 Å². The van der Waals surface area contributed by atoms with Crippen molar-refractivity contribution in [3.05, 3.63) is 0 Å². The maximum Gasteiger partial charge on any atom is 0.315 e. The Morgan fingerprint density at radius 2 is 1.92 bits per heavy atom. The molecule has 2 N–H and O–H groups in total. The third-order valence-corrected chi connectivity index (χ3v) is 3.29. The highest BCUT2D eigenvalue weighted by atomic mass is 16.2. The summed E-state index contributed by atoms with van der Waals surface area (Å²) >= 11 is 0. The Bertz CT molecular complexity index is 187. The van der Waals surface area contributed by atoms with Gasteiger partial charge in [-0.25, -0.2) is 4.79 Å². The molecule has 12 heavy (non-hydrogen) atoms. The van der Waals surface area contributed by atoms with Gasteiger partial charge in [-0.05, 0) is 25.2 Å². The molecule has 1 aliphatic heterocycles. The van der Waals surface area contributed by atoms with Crippen LogP contribution in [-0.4, -0.2) is 23.5 Å². The lowest BCUT2D eigenvalue weighted by Crippen LogP contribution is -2.56. The van der Waals surface area contributed by atoms with E-state index < -0.39 is 0 Å². The van der Waals surface area contributed by atoms with Crippen molar-refractivity contribution >= 4 is 6.03 Å². The second kappa shape index (κ2) is 2.96. The van der Waals surface area contributed by atoms with Crippen LogP contribution < -0.4 is 5.73 Å². The number of carbonyl (C=O) groups excluding carboxylic acids is 1. The van der Waals surface area contributed by atoms with Gasteiger partial charge in [-0.15, -0.1) is 0 Å². The number of primary amides is 1. The van der Waals surface area contributed by atoms with Crippen LogP contribution in [0.4, 0.5) is 4.79 Å². The number of hydrogen-bond donors (Lipinski definition) is 1. The summed E-state index contributed by atoms with van der Waals surface area (Å²) < 4.78 is 0. The molecule has 1 atom stereocenters. The van der Waals surface area contributed by atoms with E-state index in [4.69, 9.17) is 5.73 Å². The fourth-order valence-corrected chi connectivity index (χ4v) is 2.51. The molecular weight excluding hydrogens is 152 g/mol. The van der Waals surface area contributed by atoms with E-state index in [-0.39, 0.29) is 6.03 Å². The normalized spacial score (nSPS) is 30.3. The van der Waals surface area contributed by atoms with Crippen LogP contribution in [0.3, 0.4) is 0 Å². The molecule has 0 bridgehead atoms. The summed E-state index contributed by atoms with van der Waals surface area (Å²) in [5.74, 6) is 0.756. The maximum absolute atomic E-state index is 10.9. The average molecular weight is 168 g/mol. The molecule has 0 aromatic rings. The average Bonchev–Trinajstić information content (AvgIpc) is 2.35. The lowest BCUT2D eigenvalue weighted by atomic mass is 9.88. The second-order valence-electron chi connectivity index (χ2n) is 3.93. The summed E-state index contributed by atoms with van der Waals surface area (Å²) in [4.78, 5) is 12.7. The Balaban J connectivity index is 1.91. The molecule has 0 aromatic carbocycles. The van der Waals surface area contributed by atoms with Crippen LogP contribution in [0.2, 0.25) is 0 Å². The van der Waals surface area contributed by atoms with Gasteiger partial charge in [0.25, 0.3) is 0 Å². The van der Waals surface area contributed by atoms with Crippen LogP contribution in [0.15, 0.2) is 0 Å². The molecule has 0 spiro atoms. The monoisotopic (exact) mass is 168 g/mol. The van der Waals surface area contributed by atoms with Gasteiger partial charge in [-0.1, -0.05) is 12.8 Å². The molecule has 1 aliphatic carbocycles. The van der Waals surface area contributed by atoms with Gasteiger partial charge in [0.05, 0.1) is 0 Å². The first-order valence-corrected chi connectivity index (χ1v) is 4.85. The van der Waals surface area contributed by atoms with Crippen molar-refractivity contribution in [3.63, 3.8) is 0 Å². The lowest BCUT2D eigenvalue weighted by Gasteiger charge is -2.43. The van der Waals surface area contributed by atoms with Crippen LogP contribution in [0.1, 0.15) is 32.1 Å². The Hall–Kier alpha value is -0.730. The molecule has 2 amide bonds. The molecule has 0 aromatic heterocycles. The van der Waals surface area contributed by atoms with Crippen molar-refractivity contribution in [2.45, 2.75) is 38.1 Å². The quantitative estimate of drug-likeness (QED) is 0.630. The molecular formula is C9H16N2O. The summed E-state index contributed by atoms with van der Waals surface area (Å²) in [6.45, 7) is 0.885. The summed E-state index contributed by atoms with van der Waals surface area (Å²) in [6.07, 6.45) is 6.46. The SMILES string of the molecule is NC(=O)N1CCC1C1CCCC1. The van der Waals surface area contributed by atoms with Crippen molar-refractivity contribution < 1.29 is 4.79 Å². The Labute approximate surface area is 72.9 Å². The lowest BCUT2D eigenvalue weighted by molar-refractivity contribution is 0.0827. The van der Waals surface area contributed by atoms with Crippen LogP contribution in [0.25, 0.3) is 0 Å². The number of urea groups is 1. The Morgan fingerprint density at radius 1 is 1.25 bits per heavy atom. The van der Waals surface area contributed by atoms with Crippen molar-refractivity contribution in [2.24, 2.45) is 11.7 Å². The second-order valence-corrected chi connectivity index (χ2v) is 3.93. The highest BCUT2D eigenvalue weighted by Gasteiger charge is 2.37. The van der Waals surface area contributed by atoms with E-state index in [1.807, 2.05) is 4.90 Å². The third kappa shape index (κ3) is 1.17. The predicted molar refractivity (Wildman–Crippen MR) is 46.7 cm³/mol. The van der Waals surface area contributed by atoms with Crippen molar-refractivity contribution in [3.8, 4) is 0 Å². The summed E-state index contributed by atoms with van der Waals surface area (Å²) in [7, 11) is 0. The summed E-state index contributed by atoms with van der Waals surface area (Å²) in [5.41, 5.74) is 5.24. The number of carbonyl (C=O) groups is 1. The molecule has 2 aliphatic rings. The van der Waals surface area contributed by atoms with Gasteiger partial charge in [-0.2, -0.15) is 0 Å². The number of rotatable bonds is 1. The minimum atomic E-state index is -0.224. The van der Waals surface area contributed by atoms with E-state index in [0.29, 0.717) is 6.04 Å². The van der Waals surface area contributed by atoms with Crippen molar-refractivity contribution in [1.29, 1.82) is 0 Å². The first-order valence-electron chi connectivity index (χ1n) is 4.85. The molecule has 3 nitrogen and oxygen atoms in total. The number of amides is 2. The first-order chi connectivity index (χ1) is 5.79. The molecule has 3 heteroatoms. The molecule has 2 fully saturated rings. The minimum Gasteiger partial charge on any atom is -0.351 e.